The van der Waals surface area contributed by atoms with Gasteiger partial charge in [0, 0.05) is 30.6 Å². The van der Waals surface area contributed by atoms with Crippen molar-refractivity contribution in [1.82, 2.24) is 9.88 Å². The molecule has 7 heteroatoms. The highest BCUT2D eigenvalue weighted by Gasteiger charge is 2.18. The van der Waals surface area contributed by atoms with Crippen LogP contribution in [0.1, 0.15) is 16.9 Å². The summed E-state index contributed by atoms with van der Waals surface area (Å²) in [4.78, 5) is 18.1. The van der Waals surface area contributed by atoms with Crippen LogP contribution in [0, 0.1) is 5.82 Å². The van der Waals surface area contributed by atoms with Crippen LogP contribution in [0.3, 0.4) is 0 Å². The molecule has 1 heterocycles. The van der Waals surface area contributed by atoms with Crippen molar-refractivity contribution in [2.45, 2.75) is 6.42 Å². The third-order valence-electron chi connectivity index (χ3n) is 3.06. The highest BCUT2D eigenvalue weighted by Crippen LogP contribution is 2.24. The second kappa shape index (κ2) is 7.98. The third kappa shape index (κ3) is 4.09. The van der Waals surface area contributed by atoms with E-state index in [9.17, 15) is 9.18 Å². The molecule has 0 saturated carbocycles. The van der Waals surface area contributed by atoms with Crippen LogP contribution in [0.5, 0.6) is 0 Å². The SMILES string of the molecule is O=C(c1csc(-c2ccc(F)cc2)n1)N(CCO)CCCO. The van der Waals surface area contributed by atoms with Crippen LogP contribution in [0.2, 0.25) is 0 Å². The number of nitrogens with zero attached hydrogens (tertiary/aromatic N) is 2. The Morgan fingerprint density at radius 1 is 1.18 bits per heavy atom. The van der Waals surface area contributed by atoms with E-state index in [0.717, 1.165) is 5.56 Å². The van der Waals surface area contributed by atoms with Crippen molar-refractivity contribution >= 4 is 17.2 Å². The van der Waals surface area contributed by atoms with Gasteiger partial charge in [-0.25, -0.2) is 9.37 Å². The number of rotatable bonds is 7. The highest BCUT2D eigenvalue weighted by molar-refractivity contribution is 7.13. The first-order chi connectivity index (χ1) is 10.7. The molecule has 0 spiro atoms. The number of hydrogen-bond donors (Lipinski definition) is 2. The second-order valence-electron chi connectivity index (χ2n) is 4.64. The number of carbonyl (C=O) groups excluding carboxylic acids is 1. The Labute approximate surface area is 131 Å². The van der Waals surface area contributed by atoms with E-state index in [-0.39, 0.29) is 37.2 Å². The summed E-state index contributed by atoms with van der Waals surface area (Å²) < 4.78 is 12.9. The highest BCUT2D eigenvalue weighted by atomic mass is 32.1. The Morgan fingerprint density at radius 3 is 2.55 bits per heavy atom. The summed E-state index contributed by atoms with van der Waals surface area (Å²) in [5.74, 6) is -0.609. The lowest BCUT2D eigenvalue weighted by molar-refractivity contribution is 0.0705. The molecule has 0 unspecified atom stereocenters. The van der Waals surface area contributed by atoms with E-state index < -0.39 is 0 Å². The second-order valence-corrected chi connectivity index (χ2v) is 5.50. The molecule has 118 valence electrons. The molecule has 0 saturated heterocycles. The Hall–Kier alpha value is -1.83. The van der Waals surface area contributed by atoms with Crippen LogP contribution in [0.4, 0.5) is 4.39 Å². The minimum atomic E-state index is -0.324. The average molecular weight is 324 g/mol. The molecule has 1 aromatic heterocycles. The molecule has 0 aliphatic rings. The zero-order chi connectivity index (χ0) is 15.9. The van der Waals surface area contributed by atoms with E-state index in [1.165, 1.54) is 28.4 Å². The van der Waals surface area contributed by atoms with Gasteiger partial charge in [-0.05, 0) is 30.7 Å². The van der Waals surface area contributed by atoms with Gasteiger partial charge in [0.25, 0.3) is 5.91 Å². The van der Waals surface area contributed by atoms with Crippen LogP contribution in [0.15, 0.2) is 29.6 Å². The van der Waals surface area contributed by atoms with Gasteiger partial charge in [0.2, 0.25) is 0 Å². The van der Waals surface area contributed by atoms with Gasteiger partial charge in [0.15, 0.2) is 0 Å². The topological polar surface area (TPSA) is 73.7 Å². The van der Waals surface area contributed by atoms with Crippen LogP contribution < -0.4 is 0 Å². The number of halogens is 1. The fourth-order valence-corrected chi connectivity index (χ4v) is 2.76. The van der Waals surface area contributed by atoms with Crippen molar-refractivity contribution in [3.8, 4) is 10.6 Å². The quantitative estimate of drug-likeness (QED) is 0.814. The molecule has 2 aromatic rings. The molecule has 0 fully saturated rings. The molecule has 0 aliphatic heterocycles. The van der Waals surface area contributed by atoms with E-state index in [1.54, 1.807) is 17.5 Å². The molecule has 22 heavy (non-hydrogen) atoms. The van der Waals surface area contributed by atoms with Gasteiger partial charge < -0.3 is 15.1 Å². The molecule has 5 nitrogen and oxygen atoms in total. The summed E-state index contributed by atoms with van der Waals surface area (Å²) in [6.45, 7) is 0.390. The van der Waals surface area contributed by atoms with Gasteiger partial charge in [-0.15, -0.1) is 11.3 Å². The lowest BCUT2D eigenvalue weighted by Gasteiger charge is -2.20. The van der Waals surface area contributed by atoms with Gasteiger partial charge in [0.1, 0.15) is 16.5 Å². The molecule has 1 aromatic carbocycles. The van der Waals surface area contributed by atoms with E-state index >= 15 is 0 Å². The largest absolute Gasteiger partial charge is 0.396 e. The Kier molecular flexibility index (Phi) is 6.00. The van der Waals surface area contributed by atoms with Crippen LogP contribution in [0.25, 0.3) is 10.6 Å². The minimum absolute atomic E-state index is 0.0207. The third-order valence-corrected chi connectivity index (χ3v) is 3.95. The molecule has 0 aliphatic carbocycles. The van der Waals surface area contributed by atoms with Crippen LogP contribution >= 0.6 is 11.3 Å². The smallest absolute Gasteiger partial charge is 0.273 e. The van der Waals surface area contributed by atoms with Crippen molar-refractivity contribution in [3.05, 3.63) is 41.2 Å². The lowest BCUT2D eigenvalue weighted by Crippen LogP contribution is -2.35. The van der Waals surface area contributed by atoms with Gasteiger partial charge in [-0.2, -0.15) is 0 Å². The Balaban J connectivity index is 2.14. The number of aliphatic hydroxyl groups is 2. The summed E-state index contributed by atoms with van der Waals surface area (Å²) in [7, 11) is 0. The lowest BCUT2D eigenvalue weighted by atomic mass is 10.2. The van der Waals surface area contributed by atoms with E-state index in [4.69, 9.17) is 10.2 Å². The molecule has 0 radical (unpaired) electrons. The molecule has 2 rings (SSSR count). The summed E-state index contributed by atoms with van der Waals surface area (Å²) >= 11 is 1.30. The molecular weight excluding hydrogens is 307 g/mol. The number of thiazole rings is 1. The van der Waals surface area contributed by atoms with Gasteiger partial charge in [-0.1, -0.05) is 0 Å². The first-order valence-electron chi connectivity index (χ1n) is 6.88. The zero-order valence-electron chi connectivity index (χ0n) is 11.9. The summed E-state index contributed by atoms with van der Waals surface area (Å²) in [5.41, 5.74) is 1.03. The monoisotopic (exact) mass is 324 g/mol. The van der Waals surface area contributed by atoms with Crippen molar-refractivity contribution in [1.29, 1.82) is 0 Å². The minimum Gasteiger partial charge on any atom is -0.396 e. The fraction of sp³-hybridized carbons (Fsp3) is 0.333. The van der Waals surface area contributed by atoms with E-state index in [1.807, 2.05) is 0 Å². The molecule has 0 atom stereocenters. The van der Waals surface area contributed by atoms with Crippen molar-refractivity contribution in [2.24, 2.45) is 0 Å². The van der Waals surface area contributed by atoms with Gasteiger partial charge in [-0.3, -0.25) is 4.79 Å². The van der Waals surface area contributed by atoms with E-state index in [2.05, 4.69) is 4.98 Å². The Bertz CT molecular complexity index is 616. The number of carbonyl (C=O) groups is 1. The predicted molar refractivity (Wildman–Crippen MR) is 82.2 cm³/mol. The molecule has 0 bridgehead atoms. The number of benzene rings is 1. The summed E-state index contributed by atoms with van der Waals surface area (Å²) in [6.07, 6.45) is 0.445. The van der Waals surface area contributed by atoms with Crippen molar-refractivity contribution in [3.63, 3.8) is 0 Å². The standard InChI is InChI=1S/C15H17FN2O3S/c16-12-4-2-11(3-5-12)14-17-13(10-22-14)15(21)18(7-9-20)6-1-8-19/h2-5,10,19-20H,1,6-9H2. The first kappa shape index (κ1) is 16.5. The number of aliphatic hydroxyl groups excluding tert-OH is 2. The predicted octanol–water partition coefficient (Wildman–Crippen LogP) is 1.77. The molecule has 1 amide bonds. The number of hydrogen-bond acceptors (Lipinski definition) is 5. The normalized spacial score (nSPS) is 10.7. The molecule has 2 N–H and O–H groups in total. The Morgan fingerprint density at radius 2 is 1.91 bits per heavy atom. The van der Waals surface area contributed by atoms with Crippen LogP contribution in [-0.4, -0.2) is 52.3 Å². The maximum atomic E-state index is 12.9. The summed E-state index contributed by atoms with van der Waals surface area (Å²) in [5, 5.41) is 20.2. The number of amides is 1. The van der Waals surface area contributed by atoms with Crippen LogP contribution in [-0.2, 0) is 0 Å². The van der Waals surface area contributed by atoms with Crippen molar-refractivity contribution in [2.75, 3.05) is 26.3 Å². The maximum absolute atomic E-state index is 12.9. The first-order valence-corrected chi connectivity index (χ1v) is 7.76. The molecular formula is C15H17FN2O3S. The average Bonchev–Trinajstić information content (AvgIpc) is 3.01. The van der Waals surface area contributed by atoms with Crippen molar-refractivity contribution < 1.29 is 19.4 Å². The maximum Gasteiger partial charge on any atom is 0.273 e. The van der Waals surface area contributed by atoms with E-state index in [0.29, 0.717) is 18.0 Å². The fourth-order valence-electron chi connectivity index (χ4n) is 1.96. The van der Waals surface area contributed by atoms with Gasteiger partial charge in [0.05, 0.1) is 6.61 Å². The zero-order valence-corrected chi connectivity index (χ0v) is 12.7. The van der Waals surface area contributed by atoms with Gasteiger partial charge >= 0.3 is 0 Å². The summed E-state index contributed by atoms with van der Waals surface area (Å²) in [6, 6.07) is 5.91. The number of aromatic nitrogens is 1.